The number of rotatable bonds is 8. The van der Waals surface area contributed by atoms with E-state index in [0.717, 1.165) is 37.7 Å². The molecular weight excluding hydrogens is 408 g/mol. The van der Waals surface area contributed by atoms with Crippen LogP contribution >= 0.6 is 11.6 Å². The van der Waals surface area contributed by atoms with E-state index in [1.165, 1.54) is 16.4 Å². The summed E-state index contributed by atoms with van der Waals surface area (Å²) in [5.41, 5.74) is 1.13. The topological polar surface area (TPSA) is 66.5 Å². The standard InChI is InChI=1S/C22H27ClN2O3S/c23-19-11-13-21(14-12-19)29(27,28)25(20-9-5-2-6-10-20)17-22(26)24-16-15-18-7-3-1-4-8-18/h1,3-4,7-8,11-14,20H,2,5-6,9-10,15-17H2,(H,24,26). The molecule has 0 spiro atoms. The van der Waals surface area contributed by atoms with Gasteiger partial charge in [0.2, 0.25) is 15.9 Å². The van der Waals surface area contributed by atoms with E-state index in [0.29, 0.717) is 18.0 Å². The van der Waals surface area contributed by atoms with Crippen molar-refractivity contribution in [2.45, 2.75) is 49.5 Å². The van der Waals surface area contributed by atoms with Crippen molar-refractivity contribution >= 4 is 27.5 Å². The second-order valence-electron chi connectivity index (χ2n) is 7.38. The van der Waals surface area contributed by atoms with Gasteiger partial charge in [0.15, 0.2) is 0 Å². The molecule has 0 aliphatic heterocycles. The molecule has 1 aliphatic rings. The number of nitrogens with zero attached hydrogens (tertiary/aromatic N) is 1. The third-order valence-corrected chi connectivity index (χ3v) is 7.44. The summed E-state index contributed by atoms with van der Waals surface area (Å²) in [6, 6.07) is 15.9. The van der Waals surface area contributed by atoms with Crippen LogP contribution in [0.1, 0.15) is 37.7 Å². The van der Waals surface area contributed by atoms with Crippen LogP contribution in [0.4, 0.5) is 0 Å². The summed E-state index contributed by atoms with van der Waals surface area (Å²) in [5.74, 6) is -0.274. The maximum Gasteiger partial charge on any atom is 0.243 e. The normalized spacial score (nSPS) is 15.4. The molecule has 2 aromatic carbocycles. The minimum Gasteiger partial charge on any atom is -0.355 e. The molecule has 1 fully saturated rings. The lowest BCUT2D eigenvalue weighted by atomic mass is 9.95. The lowest BCUT2D eigenvalue weighted by Gasteiger charge is -2.33. The van der Waals surface area contributed by atoms with Crippen molar-refractivity contribution < 1.29 is 13.2 Å². The summed E-state index contributed by atoms with van der Waals surface area (Å²) in [6.07, 6.45) is 5.34. The minimum atomic E-state index is -3.78. The largest absolute Gasteiger partial charge is 0.355 e. The van der Waals surface area contributed by atoms with Gasteiger partial charge >= 0.3 is 0 Å². The zero-order valence-electron chi connectivity index (χ0n) is 16.4. The Hall–Kier alpha value is -1.89. The van der Waals surface area contributed by atoms with E-state index in [1.54, 1.807) is 12.1 Å². The SMILES string of the molecule is O=C(CN(C1CCCCC1)S(=O)(=O)c1ccc(Cl)cc1)NCCc1ccccc1. The molecule has 0 heterocycles. The summed E-state index contributed by atoms with van der Waals surface area (Å²) in [4.78, 5) is 12.8. The van der Waals surface area contributed by atoms with Crippen LogP contribution in [0, 0.1) is 0 Å². The number of hydrogen-bond donors (Lipinski definition) is 1. The van der Waals surface area contributed by atoms with Crippen molar-refractivity contribution in [2.24, 2.45) is 0 Å². The molecule has 0 atom stereocenters. The number of carbonyl (C=O) groups excluding carboxylic acids is 1. The molecule has 1 saturated carbocycles. The summed E-state index contributed by atoms with van der Waals surface area (Å²) in [5, 5.41) is 3.35. The molecule has 156 valence electrons. The quantitative estimate of drug-likeness (QED) is 0.682. The average Bonchev–Trinajstić information content (AvgIpc) is 2.73. The average molecular weight is 435 g/mol. The molecule has 0 radical (unpaired) electrons. The van der Waals surface area contributed by atoms with Crippen LogP contribution in [0.25, 0.3) is 0 Å². The summed E-state index contributed by atoms with van der Waals surface area (Å²) in [7, 11) is -3.78. The second kappa shape index (κ2) is 10.2. The van der Waals surface area contributed by atoms with Crippen LogP contribution in [-0.4, -0.2) is 37.8 Å². The van der Waals surface area contributed by atoms with Crippen molar-refractivity contribution in [3.63, 3.8) is 0 Å². The Morgan fingerprint density at radius 2 is 1.66 bits per heavy atom. The van der Waals surface area contributed by atoms with E-state index in [-0.39, 0.29) is 23.4 Å². The first-order chi connectivity index (χ1) is 14.0. The van der Waals surface area contributed by atoms with Gasteiger partial charge in [-0.2, -0.15) is 4.31 Å². The van der Waals surface area contributed by atoms with Crippen LogP contribution in [0.3, 0.4) is 0 Å². The van der Waals surface area contributed by atoms with Crippen LogP contribution < -0.4 is 5.32 Å². The first kappa shape index (κ1) is 21.8. The fourth-order valence-electron chi connectivity index (χ4n) is 3.71. The molecule has 3 rings (SSSR count). The molecule has 2 aromatic rings. The number of hydrogen-bond acceptors (Lipinski definition) is 3. The number of benzene rings is 2. The van der Waals surface area contributed by atoms with Crippen LogP contribution in [0.15, 0.2) is 59.5 Å². The highest BCUT2D eigenvalue weighted by molar-refractivity contribution is 7.89. The van der Waals surface area contributed by atoms with E-state index in [4.69, 9.17) is 11.6 Å². The van der Waals surface area contributed by atoms with Gasteiger partial charge in [-0.3, -0.25) is 4.79 Å². The fourth-order valence-corrected chi connectivity index (χ4v) is 5.48. The Kier molecular flexibility index (Phi) is 7.70. The highest BCUT2D eigenvalue weighted by atomic mass is 35.5. The third kappa shape index (κ3) is 6.04. The summed E-state index contributed by atoms with van der Waals surface area (Å²) in [6.45, 7) is 0.312. The van der Waals surface area contributed by atoms with Crippen LogP contribution in [-0.2, 0) is 21.2 Å². The Bertz CT molecular complexity index is 895. The van der Waals surface area contributed by atoms with Gasteiger partial charge in [0.25, 0.3) is 0 Å². The number of halogens is 1. The smallest absolute Gasteiger partial charge is 0.243 e. The van der Waals surface area contributed by atoms with Gasteiger partial charge in [-0.25, -0.2) is 8.42 Å². The van der Waals surface area contributed by atoms with Crippen molar-refractivity contribution in [2.75, 3.05) is 13.1 Å². The Balaban J connectivity index is 1.69. The zero-order chi connectivity index (χ0) is 20.7. The number of amides is 1. The summed E-state index contributed by atoms with van der Waals surface area (Å²) < 4.78 is 27.9. The molecule has 5 nitrogen and oxygen atoms in total. The van der Waals surface area contributed by atoms with Gasteiger partial charge in [0, 0.05) is 17.6 Å². The molecule has 7 heteroatoms. The third-order valence-electron chi connectivity index (χ3n) is 5.28. The monoisotopic (exact) mass is 434 g/mol. The van der Waals surface area contributed by atoms with Crippen molar-refractivity contribution in [1.82, 2.24) is 9.62 Å². The van der Waals surface area contributed by atoms with E-state index in [2.05, 4.69) is 5.32 Å². The van der Waals surface area contributed by atoms with Gasteiger partial charge in [-0.1, -0.05) is 61.2 Å². The van der Waals surface area contributed by atoms with E-state index in [1.807, 2.05) is 30.3 Å². The van der Waals surface area contributed by atoms with E-state index >= 15 is 0 Å². The zero-order valence-corrected chi connectivity index (χ0v) is 18.0. The van der Waals surface area contributed by atoms with Gasteiger partial charge in [0.1, 0.15) is 0 Å². The number of nitrogens with one attached hydrogen (secondary N) is 1. The molecule has 29 heavy (non-hydrogen) atoms. The minimum absolute atomic E-state index is 0.149. The van der Waals surface area contributed by atoms with Gasteiger partial charge < -0.3 is 5.32 Å². The Morgan fingerprint density at radius 1 is 1.00 bits per heavy atom. The fraction of sp³-hybridized carbons (Fsp3) is 0.409. The summed E-state index contributed by atoms with van der Waals surface area (Å²) >= 11 is 5.91. The second-order valence-corrected chi connectivity index (χ2v) is 9.71. The maximum atomic E-state index is 13.3. The highest BCUT2D eigenvalue weighted by Crippen LogP contribution is 2.28. The van der Waals surface area contributed by atoms with Gasteiger partial charge in [-0.15, -0.1) is 0 Å². The van der Waals surface area contributed by atoms with E-state index < -0.39 is 10.0 Å². The molecule has 1 aliphatic carbocycles. The van der Waals surface area contributed by atoms with E-state index in [9.17, 15) is 13.2 Å². The predicted molar refractivity (Wildman–Crippen MR) is 115 cm³/mol. The van der Waals surface area contributed by atoms with Gasteiger partial charge in [-0.05, 0) is 49.1 Å². The number of sulfonamides is 1. The molecule has 0 aromatic heterocycles. The lowest BCUT2D eigenvalue weighted by molar-refractivity contribution is -0.121. The molecule has 1 amide bonds. The lowest BCUT2D eigenvalue weighted by Crippen LogP contribution is -2.47. The van der Waals surface area contributed by atoms with Crippen molar-refractivity contribution in [3.05, 3.63) is 65.2 Å². The molecular formula is C22H27ClN2O3S. The van der Waals surface area contributed by atoms with Gasteiger partial charge in [0.05, 0.1) is 11.4 Å². The molecule has 0 bridgehead atoms. The first-order valence-electron chi connectivity index (χ1n) is 10.0. The first-order valence-corrected chi connectivity index (χ1v) is 11.9. The molecule has 1 N–H and O–H groups in total. The maximum absolute atomic E-state index is 13.3. The predicted octanol–water partition coefficient (Wildman–Crippen LogP) is 4.02. The van der Waals surface area contributed by atoms with Crippen molar-refractivity contribution in [3.8, 4) is 0 Å². The Morgan fingerprint density at radius 3 is 2.31 bits per heavy atom. The highest BCUT2D eigenvalue weighted by Gasteiger charge is 2.33. The van der Waals surface area contributed by atoms with Crippen LogP contribution in [0.5, 0.6) is 0 Å². The molecule has 0 saturated heterocycles. The number of carbonyl (C=O) groups is 1. The van der Waals surface area contributed by atoms with Crippen molar-refractivity contribution in [1.29, 1.82) is 0 Å². The Labute approximate surface area is 178 Å². The van der Waals surface area contributed by atoms with Crippen LogP contribution in [0.2, 0.25) is 5.02 Å². The molecule has 0 unspecified atom stereocenters.